The molecule has 3 atom stereocenters. The van der Waals surface area contributed by atoms with Crippen LogP contribution < -0.4 is 0 Å². The van der Waals surface area contributed by atoms with Gasteiger partial charge >= 0.3 is 0 Å². The lowest BCUT2D eigenvalue weighted by atomic mass is 9.84. The summed E-state index contributed by atoms with van der Waals surface area (Å²) >= 11 is 0. The second-order valence-electron chi connectivity index (χ2n) is 8.74. The smallest absolute Gasteiger partial charge is 0.0575 e. The fraction of sp³-hybridized carbons (Fsp3) is 1.00. The maximum absolute atomic E-state index is 5.78. The number of ether oxygens (including phenoxy) is 1. The van der Waals surface area contributed by atoms with Crippen molar-refractivity contribution in [3.05, 3.63) is 0 Å². The fourth-order valence-corrected chi connectivity index (χ4v) is 5.01. The largest absolute Gasteiger partial charge is 0.379 e. The van der Waals surface area contributed by atoms with Gasteiger partial charge in [0.2, 0.25) is 0 Å². The highest BCUT2D eigenvalue weighted by Crippen LogP contribution is 2.30. The van der Waals surface area contributed by atoms with Crippen LogP contribution in [0.5, 0.6) is 0 Å². The number of unbranched alkanes of at least 4 members (excludes halogenated alkanes) is 1. The third-order valence-corrected chi connectivity index (χ3v) is 6.82. The molecule has 0 amide bonds. The van der Waals surface area contributed by atoms with Gasteiger partial charge in [-0.1, -0.05) is 19.8 Å². The lowest BCUT2D eigenvalue weighted by Gasteiger charge is -2.46. The lowest BCUT2D eigenvalue weighted by molar-refractivity contribution is 0.0165. The Balaban J connectivity index is 1.62. The van der Waals surface area contributed by atoms with E-state index in [-0.39, 0.29) is 0 Å². The molecule has 3 heteroatoms. The van der Waals surface area contributed by atoms with Crippen LogP contribution in [0.4, 0.5) is 0 Å². The Morgan fingerprint density at radius 3 is 2.16 bits per heavy atom. The van der Waals surface area contributed by atoms with Gasteiger partial charge in [0.25, 0.3) is 0 Å². The minimum Gasteiger partial charge on any atom is -0.379 e. The number of hydrogen-bond donors (Lipinski definition) is 0. The van der Waals surface area contributed by atoms with Gasteiger partial charge in [-0.05, 0) is 78.7 Å². The van der Waals surface area contributed by atoms with E-state index in [0.717, 1.165) is 18.6 Å². The zero-order chi connectivity index (χ0) is 18.2. The average Bonchev–Trinajstić information content (AvgIpc) is 2.61. The number of nitrogens with zero attached hydrogens (tertiary/aromatic N) is 2. The average molecular weight is 353 g/mol. The van der Waals surface area contributed by atoms with E-state index in [1.54, 1.807) is 0 Å². The van der Waals surface area contributed by atoms with Crippen molar-refractivity contribution in [2.75, 3.05) is 26.2 Å². The summed E-state index contributed by atoms with van der Waals surface area (Å²) in [5.41, 5.74) is 0. The molecule has 148 valence electrons. The summed E-state index contributed by atoms with van der Waals surface area (Å²) in [4.78, 5) is 5.47. The van der Waals surface area contributed by atoms with Gasteiger partial charge in [0.15, 0.2) is 0 Å². The van der Waals surface area contributed by atoms with Gasteiger partial charge in [-0.15, -0.1) is 0 Å². The first kappa shape index (κ1) is 21.2. The van der Waals surface area contributed by atoms with Crippen LogP contribution in [-0.4, -0.2) is 60.3 Å². The molecule has 2 aliphatic rings. The molecule has 3 nitrogen and oxygen atoms in total. The van der Waals surface area contributed by atoms with Crippen LogP contribution in [0.3, 0.4) is 0 Å². The Kier molecular flexibility index (Phi) is 9.23. The van der Waals surface area contributed by atoms with Gasteiger partial charge in [-0.3, -0.25) is 9.80 Å². The zero-order valence-corrected chi connectivity index (χ0v) is 17.7. The van der Waals surface area contributed by atoms with Crippen LogP contribution >= 0.6 is 0 Å². The first-order valence-electron chi connectivity index (χ1n) is 11.2. The Labute approximate surface area is 157 Å². The van der Waals surface area contributed by atoms with E-state index in [0.29, 0.717) is 18.2 Å². The quantitative estimate of drug-likeness (QED) is 0.546. The SMILES string of the molecule is CCOC1CCC(CCCCN2[C@H](C)CN(C(C)CC)C[C@@H]2C)CC1. The number of hydrogen-bond acceptors (Lipinski definition) is 3. The molecule has 2 rings (SSSR count). The van der Waals surface area contributed by atoms with Gasteiger partial charge in [-0.2, -0.15) is 0 Å². The lowest BCUT2D eigenvalue weighted by Crippen LogP contribution is -2.58. The molecule has 0 aromatic carbocycles. The van der Waals surface area contributed by atoms with Gasteiger partial charge in [0, 0.05) is 37.8 Å². The molecule has 0 radical (unpaired) electrons. The standard InChI is InChI=1S/C22H44N2O/c1-6-18(3)23-16-19(4)24(20(5)17-23)15-9-8-10-21-11-13-22(14-12-21)25-7-2/h18-22H,6-17H2,1-5H3/t18?,19-,20+,21?,22?. The topological polar surface area (TPSA) is 15.7 Å². The number of rotatable bonds is 9. The van der Waals surface area contributed by atoms with E-state index in [2.05, 4.69) is 44.4 Å². The molecule has 1 saturated heterocycles. The highest BCUT2D eigenvalue weighted by molar-refractivity contribution is 4.86. The van der Waals surface area contributed by atoms with Crippen molar-refractivity contribution in [2.24, 2.45) is 5.92 Å². The highest BCUT2D eigenvalue weighted by atomic mass is 16.5. The Bertz CT molecular complexity index is 342. The summed E-state index contributed by atoms with van der Waals surface area (Å²) in [5, 5.41) is 0. The molecule has 25 heavy (non-hydrogen) atoms. The van der Waals surface area contributed by atoms with E-state index in [9.17, 15) is 0 Å². The van der Waals surface area contributed by atoms with Crippen LogP contribution in [0, 0.1) is 5.92 Å². The van der Waals surface area contributed by atoms with Gasteiger partial charge in [-0.25, -0.2) is 0 Å². The van der Waals surface area contributed by atoms with E-state index in [1.807, 2.05) is 0 Å². The van der Waals surface area contributed by atoms with E-state index in [1.165, 1.54) is 71.0 Å². The van der Waals surface area contributed by atoms with Crippen molar-refractivity contribution in [1.29, 1.82) is 0 Å². The van der Waals surface area contributed by atoms with E-state index < -0.39 is 0 Å². The first-order chi connectivity index (χ1) is 12.0. The predicted octanol–water partition coefficient (Wildman–Crippen LogP) is 4.95. The molecular weight excluding hydrogens is 308 g/mol. The maximum Gasteiger partial charge on any atom is 0.0575 e. The molecular formula is C22H44N2O. The molecule has 2 fully saturated rings. The summed E-state index contributed by atoms with van der Waals surface area (Å²) in [6.07, 6.45) is 11.4. The Hall–Kier alpha value is -0.120. The molecule has 1 aliphatic heterocycles. The minimum atomic E-state index is 0.560. The molecule has 1 saturated carbocycles. The van der Waals surface area contributed by atoms with Crippen molar-refractivity contribution in [1.82, 2.24) is 9.80 Å². The third-order valence-electron chi connectivity index (χ3n) is 6.82. The summed E-state index contributed by atoms with van der Waals surface area (Å²) in [6, 6.07) is 2.15. The van der Waals surface area contributed by atoms with Crippen molar-refractivity contribution in [2.45, 2.75) is 110 Å². The normalized spacial score (nSPS) is 33.5. The molecule has 1 unspecified atom stereocenters. The molecule has 0 bridgehead atoms. The number of piperazine rings is 1. The van der Waals surface area contributed by atoms with Crippen LogP contribution in [0.25, 0.3) is 0 Å². The molecule has 1 heterocycles. The van der Waals surface area contributed by atoms with E-state index in [4.69, 9.17) is 4.74 Å². The monoisotopic (exact) mass is 352 g/mol. The van der Waals surface area contributed by atoms with Crippen LogP contribution in [0.15, 0.2) is 0 Å². The first-order valence-corrected chi connectivity index (χ1v) is 11.2. The van der Waals surface area contributed by atoms with E-state index >= 15 is 0 Å². The molecule has 0 aromatic heterocycles. The Morgan fingerprint density at radius 1 is 0.960 bits per heavy atom. The molecule has 1 aliphatic carbocycles. The van der Waals surface area contributed by atoms with Crippen molar-refractivity contribution in [3.8, 4) is 0 Å². The fourth-order valence-electron chi connectivity index (χ4n) is 5.01. The van der Waals surface area contributed by atoms with Gasteiger partial charge in [0.1, 0.15) is 0 Å². The summed E-state index contributed by atoms with van der Waals surface area (Å²) in [6.45, 7) is 16.4. The van der Waals surface area contributed by atoms with Crippen molar-refractivity contribution in [3.63, 3.8) is 0 Å². The van der Waals surface area contributed by atoms with Crippen molar-refractivity contribution < 1.29 is 4.74 Å². The second kappa shape index (κ2) is 10.9. The van der Waals surface area contributed by atoms with Crippen molar-refractivity contribution >= 4 is 0 Å². The highest BCUT2D eigenvalue weighted by Gasteiger charge is 2.30. The predicted molar refractivity (Wildman–Crippen MR) is 108 cm³/mol. The van der Waals surface area contributed by atoms with Crippen LogP contribution in [0.1, 0.15) is 86.0 Å². The molecule has 0 N–H and O–H groups in total. The van der Waals surface area contributed by atoms with Gasteiger partial charge < -0.3 is 4.74 Å². The summed E-state index contributed by atoms with van der Waals surface area (Å²) in [5.74, 6) is 0.966. The Morgan fingerprint density at radius 2 is 1.60 bits per heavy atom. The molecule has 0 aromatic rings. The maximum atomic E-state index is 5.78. The summed E-state index contributed by atoms with van der Waals surface area (Å²) in [7, 11) is 0. The van der Waals surface area contributed by atoms with Crippen LogP contribution in [0.2, 0.25) is 0 Å². The summed E-state index contributed by atoms with van der Waals surface area (Å²) < 4.78 is 5.78. The molecule has 0 spiro atoms. The van der Waals surface area contributed by atoms with Gasteiger partial charge in [0.05, 0.1) is 6.10 Å². The minimum absolute atomic E-state index is 0.560. The van der Waals surface area contributed by atoms with Crippen LogP contribution in [-0.2, 0) is 4.74 Å². The second-order valence-corrected chi connectivity index (χ2v) is 8.74. The third kappa shape index (κ3) is 6.52. The zero-order valence-electron chi connectivity index (χ0n) is 17.7.